The number of amides is 1. The molecule has 0 atom stereocenters. The van der Waals surface area contributed by atoms with E-state index in [2.05, 4.69) is 10.4 Å². The van der Waals surface area contributed by atoms with Crippen molar-refractivity contribution in [3.05, 3.63) is 69.7 Å². The van der Waals surface area contributed by atoms with Gasteiger partial charge in [0.25, 0.3) is 12.3 Å². The zero-order valence-electron chi connectivity index (χ0n) is 13.8. The molecule has 0 fully saturated rings. The van der Waals surface area contributed by atoms with Crippen molar-refractivity contribution in [2.45, 2.75) is 6.43 Å². The summed E-state index contributed by atoms with van der Waals surface area (Å²) in [7, 11) is 1.32. The van der Waals surface area contributed by atoms with E-state index in [1.165, 1.54) is 31.3 Å². The minimum Gasteiger partial charge on any atom is -0.321 e. The van der Waals surface area contributed by atoms with Crippen LogP contribution in [0.3, 0.4) is 0 Å². The molecule has 3 aromatic rings. The Balaban J connectivity index is 2.01. The molecule has 0 saturated carbocycles. The summed E-state index contributed by atoms with van der Waals surface area (Å²) >= 11 is 11.9. The van der Waals surface area contributed by atoms with E-state index in [9.17, 15) is 18.0 Å². The second-order valence-electron chi connectivity index (χ2n) is 5.64. The lowest BCUT2D eigenvalue weighted by Gasteiger charge is -2.13. The van der Waals surface area contributed by atoms with Gasteiger partial charge in [-0.25, -0.2) is 13.2 Å². The minimum atomic E-state index is -2.87. The first-order chi connectivity index (χ1) is 12.8. The number of hydrogen-bond donors (Lipinski definition) is 1. The second kappa shape index (κ2) is 7.62. The molecule has 9 heteroatoms. The number of nitrogens with zero attached hydrogens (tertiary/aromatic N) is 2. The van der Waals surface area contributed by atoms with Gasteiger partial charge in [-0.1, -0.05) is 29.3 Å². The number of aryl methyl sites for hydroxylation is 1. The number of aromatic nitrogens is 2. The van der Waals surface area contributed by atoms with E-state index < -0.39 is 23.8 Å². The molecule has 1 aromatic heterocycles. The summed E-state index contributed by atoms with van der Waals surface area (Å²) in [6.07, 6.45) is -1.82. The van der Waals surface area contributed by atoms with Crippen molar-refractivity contribution >= 4 is 34.8 Å². The number of alkyl halides is 2. The van der Waals surface area contributed by atoms with Gasteiger partial charge in [-0.05, 0) is 35.9 Å². The number of rotatable bonds is 4. The van der Waals surface area contributed by atoms with E-state index in [1.54, 1.807) is 6.07 Å². The Labute approximate surface area is 162 Å². The normalized spacial score (nSPS) is 11.1. The average molecular weight is 414 g/mol. The lowest BCUT2D eigenvalue weighted by atomic mass is 10.0. The lowest BCUT2D eigenvalue weighted by molar-refractivity contribution is 0.100. The smallest absolute Gasteiger partial charge is 0.280 e. The van der Waals surface area contributed by atoms with Crippen LogP contribution in [0.2, 0.25) is 10.0 Å². The highest BCUT2D eigenvalue weighted by Gasteiger charge is 2.24. The van der Waals surface area contributed by atoms with Gasteiger partial charge >= 0.3 is 0 Å². The Morgan fingerprint density at radius 1 is 1.15 bits per heavy atom. The van der Waals surface area contributed by atoms with Gasteiger partial charge in [0.15, 0.2) is 0 Å². The first-order valence-corrected chi connectivity index (χ1v) is 8.40. The van der Waals surface area contributed by atoms with Gasteiger partial charge < -0.3 is 5.32 Å². The van der Waals surface area contributed by atoms with Crippen LogP contribution >= 0.6 is 23.2 Å². The van der Waals surface area contributed by atoms with E-state index in [4.69, 9.17) is 23.2 Å². The van der Waals surface area contributed by atoms with Gasteiger partial charge in [0.1, 0.15) is 11.5 Å². The molecule has 0 saturated heterocycles. The first kappa shape index (κ1) is 19.3. The van der Waals surface area contributed by atoms with Crippen molar-refractivity contribution in [2.24, 2.45) is 7.05 Å². The molecule has 1 heterocycles. The molecule has 0 spiro atoms. The fourth-order valence-corrected chi connectivity index (χ4v) is 2.90. The summed E-state index contributed by atoms with van der Waals surface area (Å²) < 4.78 is 41.1. The maximum absolute atomic E-state index is 13.8. The van der Waals surface area contributed by atoms with Crippen molar-refractivity contribution in [2.75, 3.05) is 5.32 Å². The zero-order valence-corrected chi connectivity index (χ0v) is 15.3. The van der Waals surface area contributed by atoms with Gasteiger partial charge in [0, 0.05) is 18.3 Å². The SMILES string of the molecule is Cn1ncc(C(=O)Nc2ccc(F)cc2-c2ccc(Cl)c(Cl)c2)c1C(F)F. The summed E-state index contributed by atoms with van der Waals surface area (Å²) in [6, 6.07) is 8.34. The molecule has 2 aromatic carbocycles. The van der Waals surface area contributed by atoms with Crippen LogP contribution in [0.4, 0.5) is 18.9 Å². The monoisotopic (exact) mass is 413 g/mol. The summed E-state index contributed by atoms with van der Waals surface area (Å²) in [4.78, 5) is 12.5. The van der Waals surface area contributed by atoms with Gasteiger partial charge in [-0.15, -0.1) is 0 Å². The van der Waals surface area contributed by atoms with E-state index in [0.29, 0.717) is 16.1 Å². The second-order valence-corrected chi connectivity index (χ2v) is 6.46. The van der Waals surface area contributed by atoms with Gasteiger partial charge in [0.2, 0.25) is 0 Å². The number of halogens is 5. The molecular formula is C18H12Cl2F3N3O. The molecule has 0 bridgehead atoms. The molecule has 27 heavy (non-hydrogen) atoms. The predicted octanol–water partition coefficient (Wildman–Crippen LogP) is 5.72. The van der Waals surface area contributed by atoms with Crippen LogP contribution in [0.5, 0.6) is 0 Å². The topological polar surface area (TPSA) is 46.9 Å². The third-order valence-electron chi connectivity index (χ3n) is 3.90. The number of carbonyl (C=O) groups is 1. The summed E-state index contributed by atoms with van der Waals surface area (Å²) in [5.41, 5.74) is 0.273. The highest BCUT2D eigenvalue weighted by Crippen LogP contribution is 2.34. The Morgan fingerprint density at radius 3 is 2.56 bits per heavy atom. The van der Waals surface area contributed by atoms with Crippen LogP contribution in [0.15, 0.2) is 42.6 Å². The fourth-order valence-electron chi connectivity index (χ4n) is 2.60. The molecular weight excluding hydrogens is 402 g/mol. The Morgan fingerprint density at radius 2 is 1.89 bits per heavy atom. The largest absolute Gasteiger partial charge is 0.321 e. The summed E-state index contributed by atoms with van der Waals surface area (Å²) in [5.74, 6) is -1.32. The van der Waals surface area contributed by atoms with E-state index in [1.807, 2.05) is 0 Å². The molecule has 1 N–H and O–H groups in total. The minimum absolute atomic E-state index is 0.226. The molecule has 0 unspecified atom stereocenters. The van der Waals surface area contributed by atoms with E-state index in [-0.39, 0.29) is 16.3 Å². The number of nitrogens with one attached hydrogen (secondary N) is 1. The van der Waals surface area contributed by atoms with Crippen molar-refractivity contribution in [1.29, 1.82) is 0 Å². The molecule has 140 valence electrons. The van der Waals surface area contributed by atoms with Crippen molar-refractivity contribution < 1.29 is 18.0 Å². The Hall–Kier alpha value is -2.51. The Bertz CT molecular complexity index is 1020. The number of hydrogen-bond acceptors (Lipinski definition) is 2. The highest BCUT2D eigenvalue weighted by atomic mass is 35.5. The van der Waals surface area contributed by atoms with Gasteiger partial charge in [0.05, 0.1) is 21.8 Å². The molecule has 0 aliphatic carbocycles. The lowest BCUT2D eigenvalue weighted by Crippen LogP contribution is -2.15. The summed E-state index contributed by atoms with van der Waals surface area (Å²) in [6.45, 7) is 0. The van der Waals surface area contributed by atoms with Crippen LogP contribution < -0.4 is 5.32 Å². The highest BCUT2D eigenvalue weighted by molar-refractivity contribution is 6.42. The number of benzene rings is 2. The first-order valence-electron chi connectivity index (χ1n) is 7.64. The third-order valence-corrected chi connectivity index (χ3v) is 4.64. The van der Waals surface area contributed by atoms with Crippen molar-refractivity contribution in [3.8, 4) is 11.1 Å². The predicted molar refractivity (Wildman–Crippen MR) is 98.0 cm³/mol. The third kappa shape index (κ3) is 3.94. The van der Waals surface area contributed by atoms with Gasteiger partial charge in [-0.2, -0.15) is 5.10 Å². The van der Waals surface area contributed by atoms with Crippen LogP contribution in [0.25, 0.3) is 11.1 Å². The maximum Gasteiger partial charge on any atom is 0.280 e. The van der Waals surface area contributed by atoms with E-state index in [0.717, 1.165) is 16.9 Å². The van der Waals surface area contributed by atoms with Crippen molar-refractivity contribution in [1.82, 2.24) is 9.78 Å². The molecule has 0 radical (unpaired) electrons. The molecule has 3 rings (SSSR count). The molecule has 0 aliphatic rings. The standard InChI is InChI=1S/C18H12Cl2F3N3O/c1-26-16(17(22)23)12(8-24-26)18(27)25-15-5-3-10(21)7-11(15)9-2-4-13(19)14(20)6-9/h2-8,17H,1H3,(H,25,27). The number of anilines is 1. The molecule has 1 amide bonds. The van der Waals surface area contributed by atoms with Crippen LogP contribution in [-0.4, -0.2) is 15.7 Å². The maximum atomic E-state index is 13.8. The molecule has 0 aliphatic heterocycles. The van der Waals surface area contributed by atoms with E-state index >= 15 is 0 Å². The average Bonchev–Trinajstić information content (AvgIpc) is 3.01. The van der Waals surface area contributed by atoms with Crippen molar-refractivity contribution in [3.63, 3.8) is 0 Å². The Kier molecular flexibility index (Phi) is 5.43. The molecule has 4 nitrogen and oxygen atoms in total. The van der Waals surface area contributed by atoms with Crippen LogP contribution in [-0.2, 0) is 7.05 Å². The fraction of sp³-hybridized carbons (Fsp3) is 0.111. The summed E-state index contributed by atoms with van der Waals surface area (Å²) in [5, 5.41) is 6.80. The number of carbonyl (C=O) groups excluding carboxylic acids is 1. The quantitative estimate of drug-likeness (QED) is 0.594. The zero-order chi connectivity index (χ0) is 19.7. The van der Waals surface area contributed by atoms with Gasteiger partial charge in [-0.3, -0.25) is 9.48 Å². The van der Waals surface area contributed by atoms with Crippen LogP contribution in [0.1, 0.15) is 22.5 Å². The van der Waals surface area contributed by atoms with Crippen LogP contribution in [0, 0.1) is 5.82 Å².